The van der Waals surface area contributed by atoms with E-state index in [1.807, 2.05) is 13.0 Å². The third-order valence-corrected chi connectivity index (χ3v) is 3.05. The SMILES string of the molecule is CC(C)=CCC/C(C)=C/CC/C(C)=C\C(C)C(=O)O. The van der Waals surface area contributed by atoms with Gasteiger partial charge in [-0.3, -0.25) is 4.79 Å². The van der Waals surface area contributed by atoms with Crippen molar-refractivity contribution in [2.45, 2.75) is 60.3 Å². The number of carboxylic acid groups (broad SMARTS) is 1. The number of hydrogen-bond acceptors (Lipinski definition) is 1. The highest BCUT2D eigenvalue weighted by Crippen LogP contribution is 2.13. The van der Waals surface area contributed by atoms with Crippen LogP contribution < -0.4 is 0 Å². The summed E-state index contributed by atoms with van der Waals surface area (Å²) >= 11 is 0. The average Bonchev–Trinajstić information content (AvgIpc) is 2.28. The highest BCUT2D eigenvalue weighted by molar-refractivity contribution is 5.71. The fourth-order valence-electron chi connectivity index (χ4n) is 1.82. The zero-order valence-electron chi connectivity index (χ0n) is 13.0. The van der Waals surface area contributed by atoms with E-state index in [2.05, 4.69) is 32.9 Å². The topological polar surface area (TPSA) is 37.3 Å². The monoisotopic (exact) mass is 264 g/mol. The number of carbonyl (C=O) groups is 1. The quantitative estimate of drug-likeness (QED) is 0.617. The molecule has 2 heteroatoms. The van der Waals surface area contributed by atoms with E-state index in [0.29, 0.717) is 0 Å². The van der Waals surface area contributed by atoms with Crippen molar-refractivity contribution in [1.29, 1.82) is 0 Å². The Bertz CT molecular complexity index is 369. The van der Waals surface area contributed by atoms with Crippen LogP contribution in [0.5, 0.6) is 0 Å². The standard InChI is InChI=1S/C17H28O2/c1-13(2)8-6-9-14(3)10-7-11-15(4)12-16(5)17(18)19/h8,10,12,16H,6-7,9,11H2,1-5H3,(H,18,19)/b14-10+,15-12-. The van der Waals surface area contributed by atoms with Crippen LogP contribution in [0.2, 0.25) is 0 Å². The number of carboxylic acids is 1. The van der Waals surface area contributed by atoms with Gasteiger partial charge in [0.15, 0.2) is 0 Å². The molecular weight excluding hydrogens is 236 g/mol. The van der Waals surface area contributed by atoms with Crippen LogP contribution in [-0.4, -0.2) is 11.1 Å². The van der Waals surface area contributed by atoms with E-state index in [1.165, 1.54) is 11.1 Å². The van der Waals surface area contributed by atoms with Gasteiger partial charge in [-0.25, -0.2) is 0 Å². The maximum absolute atomic E-state index is 10.7. The largest absolute Gasteiger partial charge is 0.481 e. The van der Waals surface area contributed by atoms with Crippen molar-refractivity contribution >= 4 is 5.97 Å². The molecule has 0 saturated carbocycles. The molecule has 2 nitrogen and oxygen atoms in total. The molecule has 1 atom stereocenters. The smallest absolute Gasteiger partial charge is 0.310 e. The molecule has 1 unspecified atom stereocenters. The summed E-state index contributed by atoms with van der Waals surface area (Å²) in [6, 6.07) is 0. The summed E-state index contributed by atoms with van der Waals surface area (Å²) in [4.78, 5) is 10.7. The maximum Gasteiger partial charge on any atom is 0.310 e. The molecule has 0 radical (unpaired) electrons. The van der Waals surface area contributed by atoms with E-state index in [0.717, 1.165) is 31.3 Å². The summed E-state index contributed by atoms with van der Waals surface area (Å²) in [5, 5.41) is 8.82. The third-order valence-electron chi connectivity index (χ3n) is 3.05. The molecule has 0 saturated heterocycles. The van der Waals surface area contributed by atoms with Gasteiger partial charge in [0, 0.05) is 0 Å². The van der Waals surface area contributed by atoms with Crippen LogP contribution in [0.1, 0.15) is 60.3 Å². The minimum absolute atomic E-state index is 0.386. The van der Waals surface area contributed by atoms with Crippen LogP contribution in [0.25, 0.3) is 0 Å². The van der Waals surface area contributed by atoms with E-state index in [-0.39, 0.29) is 5.92 Å². The summed E-state index contributed by atoms with van der Waals surface area (Å²) in [6.07, 6.45) is 10.5. The number of hydrogen-bond donors (Lipinski definition) is 1. The van der Waals surface area contributed by atoms with Crippen LogP contribution in [0.4, 0.5) is 0 Å². The Balaban J connectivity index is 4.06. The van der Waals surface area contributed by atoms with Crippen molar-refractivity contribution in [3.8, 4) is 0 Å². The first-order valence-electron chi connectivity index (χ1n) is 7.02. The highest BCUT2D eigenvalue weighted by atomic mass is 16.4. The Morgan fingerprint density at radius 1 is 1.00 bits per heavy atom. The second-order valence-corrected chi connectivity index (χ2v) is 5.55. The predicted octanol–water partition coefficient (Wildman–Crippen LogP) is 5.13. The molecule has 0 fully saturated rings. The van der Waals surface area contributed by atoms with E-state index < -0.39 is 5.97 Å². The lowest BCUT2D eigenvalue weighted by Crippen LogP contribution is -2.06. The van der Waals surface area contributed by atoms with Gasteiger partial charge in [-0.1, -0.05) is 34.9 Å². The van der Waals surface area contributed by atoms with E-state index >= 15 is 0 Å². The minimum atomic E-state index is -0.757. The first-order chi connectivity index (χ1) is 8.82. The summed E-state index contributed by atoms with van der Waals surface area (Å²) in [7, 11) is 0. The fraction of sp³-hybridized carbons (Fsp3) is 0.588. The molecule has 0 bridgehead atoms. The summed E-state index contributed by atoms with van der Waals surface area (Å²) in [5.41, 5.74) is 3.94. The minimum Gasteiger partial charge on any atom is -0.481 e. The van der Waals surface area contributed by atoms with E-state index in [4.69, 9.17) is 5.11 Å². The molecule has 0 rings (SSSR count). The van der Waals surface area contributed by atoms with Crippen LogP contribution >= 0.6 is 0 Å². The zero-order valence-corrected chi connectivity index (χ0v) is 13.0. The van der Waals surface area contributed by atoms with Gasteiger partial charge in [0.25, 0.3) is 0 Å². The van der Waals surface area contributed by atoms with Crippen molar-refractivity contribution < 1.29 is 9.90 Å². The molecular formula is C17H28O2. The summed E-state index contributed by atoms with van der Waals surface area (Å²) in [6.45, 7) is 10.1. The van der Waals surface area contributed by atoms with Gasteiger partial charge in [0.05, 0.1) is 5.92 Å². The van der Waals surface area contributed by atoms with Crippen LogP contribution in [0.15, 0.2) is 34.9 Å². The Hall–Kier alpha value is -1.31. The van der Waals surface area contributed by atoms with Gasteiger partial charge in [0.1, 0.15) is 0 Å². The molecule has 0 aliphatic rings. The molecule has 0 aromatic rings. The molecule has 0 heterocycles. The van der Waals surface area contributed by atoms with Crippen molar-refractivity contribution in [3.05, 3.63) is 34.9 Å². The zero-order chi connectivity index (χ0) is 14.8. The molecule has 108 valence electrons. The summed E-state index contributed by atoms with van der Waals surface area (Å²) < 4.78 is 0. The van der Waals surface area contributed by atoms with Crippen LogP contribution in [-0.2, 0) is 4.79 Å². The van der Waals surface area contributed by atoms with Crippen LogP contribution in [0.3, 0.4) is 0 Å². The van der Waals surface area contributed by atoms with Crippen molar-refractivity contribution in [2.24, 2.45) is 5.92 Å². The van der Waals surface area contributed by atoms with Crippen molar-refractivity contribution in [3.63, 3.8) is 0 Å². The number of rotatable bonds is 8. The second kappa shape index (κ2) is 9.60. The van der Waals surface area contributed by atoms with Gasteiger partial charge in [-0.15, -0.1) is 0 Å². The van der Waals surface area contributed by atoms with E-state index in [9.17, 15) is 4.79 Å². The molecule has 0 aromatic heterocycles. The van der Waals surface area contributed by atoms with Crippen LogP contribution in [0, 0.1) is 5.92 Å². The van der Waals surface area contributed by atoms with Crippen molar-refractivity contribution in [1.82, 2.24) is 0 Å². The first-order valence-corrected chi connectivity index (χ1v) is 7.02. The second-order valence-electron chi connectivity index (χ2n) is 5.55. The maximum atomic E-state index is 10.7. The third kappa shape index (κ3) is 10.3. The molecule has 0 aliphatic carbocycles. The average molecular weight is 264 g/mol. The van der Waals surface area contributed by atoms with Gasteiger partial charge in [-0.2, -0.15) is 0 Å². The van der Waals surface area contributed by atoms with Gasteiger partial charge in [-0.05, 0) is 60.3 Å². The lowest BCUT2D eigenvalue weighted by atomic mass is 10.0. The molecule has 0 aliphatic heterocycles. The highest BCUT2D eigenvalue weighted by Gasteiger charge is 2.06. The predicted molar refractivity (Wildman–Crippen MR) is 82.2 cm³/mol. The Morgan fingerprint density at radius 2 is 1.53 bits per heavy atom. The number of allylic oxidation sites excluding steroid dienone is 5. The Morgan fingerprint density at radius 3 is 2.05 bits per heavy atom. The molecule has 19 heavy (non-hydrogen) atoms. The molecule has 0 amide bonds. The molecule has 0 spiro atoms. The Labute approximate surface area is 117 Å². The first kappa shape index (κ1) is 17.7. The fourth-order valence-corrected chi connectivity index (χ4v) is 1.82. The number of aliphatic carboxylic acids is 1. The Kier molecular flexibility index (Phi) is 8.94. The summed E-state index contributed by atoms with van der Waals surface area (Å²) in [5.74, 6) is -1.14. The molecule has 1 N–H and O–H groups in total. The lowest BCUT2D eigenvalue weighted by molar-refractivity contribution is -0.139. The molecule has 0 aromatic carbocycles. The normalized spacial score (nSPS) is 14.2. The van der Waals surface area contributed by atoms with Gasteiger partial charge >= 0.3 is 5.97 Å². The van der Waals surface area contributed by atoms with E-state index in [1.54, 1.807) is 6.92 Å². The lowest BCUT2D eigenvalue weighted by Gasteiger charge is -2.03. The van der Waals surface area contributed by atoms with Gasteiger partial charge < -0.3 is 5.11 Å². The van der Waals surface area contributed by atoms with Crippen molar-refractivity contribution in [2.75, 3.05) is 0 Å². The van der Waals surface area contributed by atoms with Gasteiger partial charge in [0.2, 0.25) is 0 Å².